The SMILES string of the molecule is OCc1ccc(C2=CNCC=C2)cc1. The molecule has 1 aromatic rings. The van der Waals surface area contributed by atoms with Crippen LogP contribution in [0.5, 0.6) is 0 Å². The number of rotatable bonds is 2. The molecule has 0 aliphatic carbocycles. The fourth-order valence-electron chi connectivity index (χ4n) is 1.45. The van der Waals surface area contributed by atoms with Crippen LogP contribution >= 0.6 is 0 Å². The lowest BCUT2D eigenvalue weighted by Crippen LogP contribution is -2.08. The molecule has 0 radical (unpaired) electrons. The predicted molar refractivity (Wildman–Crippen MR) is 57.5 cm³/mol. The molecule has 0 unspecified atom stereocenters. The first-order valence-electron chi connectivity index (χ1n) is 4.70. The van der Waals surface area contributed by atoms with Crippen LogP contribution in [0, 0.1) is 0 Å². The number of aliphatic hydroxyl groups is 1. The summed E-state index contributed by atoms with van der Waals surface area (Å²) < 4.78 is 0. The summed E-state index contributed by atoms with van der Waals surface area (Å²) in [6.07, 6.45) is 6.20. The molecular formula is C12H13NO. The van der Waals surface area contributed by atoms with Gasteiger partial charge >= 0.3 is 0 Å². The maximum atomic E-state index is 8.90. The van der Waals surface area contributed by atoms with Crippen molar-refractivity contribution in [2.75, 3.05) is 6.54 Å². The van der Waals surface area contributed by atoms with Crippen LogP contribution in [0.1, 0.15) is 11.1 Å². The fraction of sp³-hybridized carbons (Fsp3) is 0.167. The summed E-state index contributed by atoms with van der Waals surface area (Å²) in [5.41, 5.74) is 3.30. The van der Waals surface area contributed by atoms with Crippen molar-refractivity contribution in [2.24, 2.45) is 0 Å². The molecule has 14 heavy (non-hydrogen) atoms. The van der Waals surface area contributed by atoms with Gasteiger partial charge in [0.2, 0.25) is 0 Å². The molecule has 2 nitrogen and oxygen atoms in total. The largest absolute Gasteiger partial charge is 0.392 e. The number of hydrogen-bond donors (Lipinski definition) is 2. The van der Waals surface area contributed by atoms with Crippen molar-refractivity contribution in [2.45, 2.75) is 6.61 Å². The zero-order valence-electron chi connectivity index (χ0n) is 7.90. The molecular weight excluding hydrogens is 174 g/mol. The molecule has 1 aromatic carbocycles. The van der Waals surface area contributed by atoms with Gasteiger partial charge in [-0.1, -0.05) is 36.4 Å². The van der Waals surface area contributed by atoms with Crippen LogP contribution in [0.25, 0.3) is 5.57 Å². The number of aliphatic hydroxyl groups excluding tert-OH is 1. The van der Waals surface area contributed by atoms with Gasteiger partial charge in [0.15, 0.2) is 0 Å². The third kappa shape index (κ3) is 1.86. The normalized spacial score (nSPS) is 14.8. The van der Waals surface area contributed by atoms with Gasteiger partial charge in [-0.15, -0.1) is 0 Å². The summed E-state index contributed by atoms with van der Waals surface area (Å²) in [5, 5.41) is 12.1. The molecule has 2 heteroatoms. The Morgan fingerprint density at radius 3 is 2.57 bits per heavy atom. The summed E-state index contributed by atoms with van der Waals surface area (Å²) in [4.78, 5) is 0. The first-order chi connectivity index (χ1) is 6.90. The molecule has 1 aliphatic heterocycles. The van der Waals surface area contributed by atoms with Crippen LogP contribution in [0.2, 0.25) is 0 Å². The van der Waals surface area contributed by atoms with E-state index >= 15 is 0 Å². The van der Waals surface area contributed by atoms with Gasteiger partial charge in [-0.3, -0.25) is 0 Å². The second kappa shape index (κ2) is 4.11. The van der Waals surface area contributed by atoms with E-state index in [1.165, 1.54) is 11.1 Å². The van der Waals surface area contributed by atoms with Gasteiger partial charge in [0.05, 0.1) is 6.61 Å². The number of nitrogens with one attached hydrogen (secondary N) is 1. The molecule has 72 valence electrons. The highest BCUT2D eigenvalue weighted by atomic mass is 16.3. The monoisotopic (exact) mass is 187 g/mol. The number of hydrogen-bond acceptors (Lipinski definition) is 2. The van der Waals surface area contributed by atoms with E-state index in [2.05, 4.69) is 17.5 Å². The van der Waals surface area contributed by atoms with Crippen LogP contribution in [0.3, 0.4) is 0 Å². The lowest BCUT2D eigenvalue weighted by molar-refractivity contribution is 0.282. The predicted octanol–water partition coefficient (Wildman–Crippen LogP) is 1.68. The van der Waals surface area contributed by atoms with Gasteiger partial charge in [-0.2, -0.15) is 0 Å². The average Bonchev–Trinajstić information content (AvgIpc) is 2.30. The first kappa shape index (κ1) is 9.03. The highest BCUT2D eigenvalue weighted by molar-refractivity contribution is 5.74. The topological polar surface area (TPSA) is 32.3 Å². The van der Waals surface area contributed by atoms with Crippen molar-refractivity contribution >= 4 is 5.57 Å². The van der Waals surface area contributed by atoms with E-state index in [-0.39, 0.29) is 6.61 Å². The van der Waals surface area contributed by atoms with Gasteiger partial charge in [0, 0.05) is 12.7 Å². The Labute approximate surface area is 83.6 Å². The Hall–Kier alpha value is -1.54. The van der Waals surface area contributed by atoms with Crippen molar-refractivity contribution in [3.63, 3.8) is 0 Å². The summed E-state index contributed by atoms with van der Waals surface area (Å²) >= 11 is 0. The summed E-state index contributed by atoms with van der Waals surface area (Å²) in [5.74, 6) is 0. The molecule has 1 aliphatic rings. The average molecular weight is 187 g/mol. The zero-order chi connectivity index (χ0) is 9.80. The molecule has 0 atom stereocenters. The van der Waals surface area contributed by atoms with Crippen molar-refractivity contribution in [3.8, 4) is 0 Å². The standard InChI is InChI=1S/C12H13NO/c14-9-10-3-5-11(6-4-10)12-2-1-7-13-8-12/h1-6,8,13-14H,7,9H2. The highest BCUT2D eigenvalue weighted by Gasteiger charge is 2.00. The van der Waals surface area contributed by atoms with E-state index in [1.807, 2.05) is 30.5 Å². The molecule has 2 N–H and O–H groups in total. The lowest BCUT2D eigenvalue weighted by atomic mass is 10.0. The van der Waals surface area contributed by atoms with E-state index in [0.717, 1.165) is 12.1 Å². The molecule has 1 heterocycles. The third-order valence-electron chi connectivity index (χ3n) is 2.26. The van der Waals surface area contributed by atoms with Crippen molar-refractivity contribution < 1.29 is 5.11 Å². The van der Waals surface area contributed by atoms with E-state index in [0.29, 0.717) is 0 Å². The van der Waals surface area contributed by atoms with E-state index in [9.17, 15) is 0 Å². The molecule has 0 spiro atoms. The molecule has 0 bridgehead atoms. The fourth-order valence-corrected chi connectivity index (χ4v) is 1.45. The maximum absolute atomic E-state index is 8.90. The van der Waals surface area contributed by atoms with Gasteiger partial charge in [-0.25, -0.2) is 0 Å². The minimum absolute atomic E-state index is 0.105. The zero-order valence-corrected chi connectivity index (χ0v) is 7.90. The Morgan fingerprint density at radius 2 is 2.00 bits per heavy atom. The van der Waals surface area contributed by atoms with Crippen LogP contribution in [0.4, 0.5) is 0 Å². The number of dihydropyridines is 1. The summed E-state index contributed by atoms with van der Waals surface area (Å²) in [7, 11) is 0. The smallest absolute Gasteiger partial charge is 0.0681 e. The molecule has 0 saturated heterocycles. The molecule has 2 rings (SSSR count). The minimum Gasteiger partial charge on any atom is -0.392 e. The van der Waals surface area contributed by atoms with Gasteiger partial charge in [-0.05, 0) is 16.7 Å². The summed E-state index contributed by atoms with van der Waals surface area (Å²) in [6.45, 7) is 1.01. The maximum Gasteiger partial charge on any atom is 0.0681 e. The third-order valence-corrected chi connectivity index (χ3v) is 2.26. The van der Waals surface area contributed by atoms with Gasteiger partial charge in [0.1, 0.15) is 0 Å². The quantitative estimate of drug-likeness (QED) is 0.738. The second-order valence-electron chi connectivity index (χ2n) is 3.27. The molecule has 0 amide bonds. The van der Waals surface area contributed by atoms with Crippen molar-refractivity contribution in [1.29, 1.82) is 0 Å². The number of allylic oxidation sites excluding steroid dienone is 2. The van der Waals surface area contributed by atoms with Gasteiger partial charge in [0.25, 0.3) is 0 Å². The van der Waals surface area contributed by atoms with Gasteiger partial charge < -0.3 is 10.4 Å². The van der Waals surface area contributed by atoms with Crippen LogP contribution in [-0.4, -0.2) is 11.7 Å². The Kier molecular flexibility index (Phi) is 2.65. The first-order valence-corrected chi connectivity index (χ1v) is 4.70. The molecule has 0 aromatic heterocycles. The Bertz CT molecular complexity index is 362. The lowest BCUT2D eigenvalue weighted by Gasteiger charge is -2.08. The van der Waals surface area contributed by atoms with E-state index in [4.69, 9.17) is 5.11 Å². The molecule has 0 fully saturated rings. The van der Waals surface area contributed by atoms with Crippen LogP contribution in [0.15, 0.2) is 42.6 Å². The molecule has 0 saturated carbocycles. The highest BCUT2D eigenvalue weighted by Crippen LogP contribution is 2.17. The Balaban J connectivity index is 2.24. The second-order valence-corrected chi connectivity index (χ2v) is 3.27. The van der Waals surface area contributed by atoms with Crippen LogP contribution in [-0.2, 0) is 6.61 Å². The van der Waals surface area contributed by atoms with Crippen molar-refractivity contribution in [1.82, 2.24) is 5.32 Å². The minimum atomic E-state index is 0.105. The van der Waals surface area contributed by atoms with E-state index < -0.39 is 0 Å². The van der Waals surface area contributed by atoms with Crippen LogP contribution < -0.4 is 5.32 Å². The van der Waals surface area contributed by atoms with E-state index in [1.54, 1.807) is 0 Å². The number of benzene rings is 1. The van der Waals surface area contributed by atoms with Crippen molar-refractivity contribution in [3.05, 3.63) is 53.7 Å². The summed E-state index contributed by atoms with van der Waals surface area (Å²) in [6, 6.07) is 7.93. The Morgan fingerprint density at radius 1 is 1.21 bits per heavy atom.